The molecule has 1 atom stereocenters. The number of carbonyl (C=O) groups is 1. The zero-order chi connectivity index (χ0) is 11.0. The van der Waals surface area contributed by atoms with Crippen molar-refractivity contribution in [3.63, 3.8) is 0 Å². The first-order chi connectivity index (χ1) is 7.77. The highest BCUT2D eigenvalue weighted by Crippen LogP contribution is 2.42. The fourth-order valence-electron chi connectivity index (χ4n) is 3.22. The highest BCUT2D eigenvalue weighted by Gasteiger charge is 2.42. The highest BCUT2D eigenvalue weighted by molar-refractivity contribution is 5.92. The summed E-state index contributed by atoms with van der Waals surface area (Å²) in [4.78, 5) is 11.2. The Labute approximate surface area is 95.8 Å². The molecule has 3 aliphatic rings. The molecule has 1 aliphatic heterocycles. The van der Waals surface area contributed by atoms with E-state index in [1.807, 2.05) is 0 Å². The van der Waals surface area contributed by atoms with Gasteiger partial charge in [-0.25, -0.2) is 0 Å². The van der Waals surface area contributed by atoms with Crippen molar-refractivity contribution in [2.45, 2.75) is 37.9 Å². The van der Waals surface area contributed by atoms with E-state index in [0.717, 1.165) is 45.3 Å². The SMILES string of the molecule is O=C1C=CC(C2CCC3(CC2)OCCO3)C1. The smallest absolute Gasteiger partial charge is 0.168 e. The fourth-order valence-corrected chi connectivity index (χ4v) is 3.22. The lowest BCUT2D eigenvalue weighted by Crippen LogP contribution is -2.36. The van der Waals surface area contributed by atoms with E-state index in [9.17, 15) is 4.79 Å². The van der Waals surface area contributed by atoms with E-state index in [0.29, 0.717) is 17.6 Å². The lowest BCUT2D eigenvalue weighted by atomic mass is 9.77. The second kappa shape index (κ2) is 3.97. The van der Waals surface area contributed by atoms with E-state index in [1.165, 1.54) is 0 Å². The molecule has 3 nitrogen and oxygen atoms in total. The zero-order valence-corrected chi connectivity index (χ0v) is 9.48. The average molecular weight is 222 g/mol. The van der Waals surface area contributed by atoms with Gasteiger partial charge in [0, 0.05) is 19.3 Å². The van der Waals surface area contributed by atoms with E-state index in [1.54, 1.807) is 6.08 Å². The molecule has 3 rings (SSSR count). The van der Waals surface area contributed by atoms with Crippen LogP contribution in [0.15, 0.2) is 12.2 Å². The summed E-state index contributed by atoms with van der Waals surface area (Å²) >= 11 is 0. The van der Waals surface area contributed by atoms with Crippen LogP contribution < -0.4 is 0 Å². The third-order valence-electron chi connectivity index (χ3n) is 4.18. The number of ketones is 1. The van der Waals surface area contributed by atoms with Gasteiger partial charge in [-0.3, -0.25) is 4.79 Å². The molecule has 0 aromatic heterocycles. The molecule has 0 radical (unpaired) electrons. The van der Waals surface area contributed by atoms with Crippen LogP contribution in [0.25, 0.3) is 0 Å². The molecule has 88 valence electrons. The van der Waals surface area contributed by atoms with Gasteiger partial charge in [-0.2, -0.15) is 0 Å². The van der Waals surface area contributed by atoms with Crippen molar-refractivity contribution in [3.05, 3.63) is 12.2 Å². The van der Waals surface area contributed by atoms with Crippen LogP contribution in [0.5, 0.6) is 0 Å². The van der Waals surface area contributed by atoms with Gasteiger partial charge in [-0.05, 0) is 30.8 Å². The molecule has 2 fully saturated rings. The van der Waals surface area contributed by atoms with Crippen LogP contribution >= 0.6 is 0 Å². The molecule has 1 heterocycles. The largest absolute Gasteiger partial charge is 0.348 e. The minimum atomic E-state index is -0.261. The first-order valence-electron chi connectivity index (χ1n) is 6.26. The lowest BCUT2D eigenvalue weighted by molar-refractivity contribution is -0.184. The lowest BCUT2D eigenvalue weighted by Gasteiger charge is -2.37. The number of hydrogen-bond acceptors (Lipinski definition) is 3. The van der Waals surface area contributed by atoms with Crippen LogP contribution in [0.1, 0.15) is 32.1 Å². The van der Waals surface area contributed by atoms with Crippen molar-refractivity contribution in [1.82, 2.24) is 0 Å². The Morgan fingerprint density at radius 1 is 1.19 bits per heavy atom. The van der Waals surface area contributed by atoms with E-state index in [2.05, 4.69) is 6.08 Å². The Hall–Kier alpha value is -0.670. The normalized spacial score (nSPS) is 34.0. The second-order valence-electron chi connectivity index (χ2n) is 5.14. The number of ether oxygens (including phenoxy) is 2. The Morgan fingerprint density at radius 2 is 1.88 bits per heavy atom. The Morgan fingerprint density at radius 3 is 2.44 bits per heavy atom. The summed E-state index contributed by atoms with van der Waals surface area (Å²) in [6.07, 6.45) is 8.81. The van der Waals surface area contributed by atoms with Gasteiger partial charge in [0.2, 0.25) is 0 Å². The summed E-state index contributed by atoms with van der Waals surface area (Å²) in [6.45, 7) is 1.49. The van der Waals surface area contributed by atoms with Crippen molar-refractivity contribution in [2.24, 2.45) is 11.8 Å². The van der Waals surface area contributed by atoms with E-state index in [4.69, 9.17) is 9.47 Å². The molecule has 1 saturated heterocycles. The maximum absolute atomic E-state index is 11.2. The third kappa shape index (κ3) is 1.82. The molecule has 0 aromatic carbocycles. The summed E-state index contributed by atoms with van der Waals surface area (Å²) in [5, 5.41) is 0. The van der Waals surface area contributed by atoms with Crippen molar-refractivity contribution in [3.8, 4) is 0 Å². The van der Waals surface area contributed by atoms with Gasteiger partial charge in [0.25, 0.3) is 0 Å². The minimum absolute atomic E-state index is 0.261. The molecule has 1 spiro atoms. The summed E-state index contributed by atoms with van der Waals surface area (Å²) in [6, 6.07) is 0. The number of carbonyl (C=O) groups excluding carboxylic acids is 1. The number of rotatable bonds is 1. The molecule has 0 N–H and O–H groups in total. The van der Waals surface area contributed by atoms with Crippen molar-refractivity contribution < 1.29 is 14.3 Å². The van der Waals surface area contributed by atoms with Crippen LogP contribution in [-0.2, 0) is 14.3 Å². The summed E-state index contributed by atoms with van der Waals surface area (Å²) in [5.41, 5.74) is 0. The van der Waals surface area contributed by atoms with Crippen molar-refractivity contribution >= 4 is 5.78 Å². The monoisotopic (exact) mass is 222 g/mol. The van der Waals surface area contributed by atoms with Gasteiger partial charge in [-0.1, -0.05) is 6.08 Å². The summed E-state index contributed by atoms with van der Waals surface area (Å²) < 4.78 is 11.4. The predicted molar refractivity (Wildman–Crippen MR) is 58.8 cm³/mol. The standard InChI is InChI=1S/C13H18O3/c14-12-2-1-11(9-12)10-3-5-13(6-4-10)15-7-8-16-13/h1-2,10-11H,3-9H2. The van der Waals surface area contributed by atoms with Gasteiger partial charge in [0.05, 0.1) is 13.2 Å². The molecule has 2 aliphatic carbocycles. The van der Waals surface area contributed by atoms with Crippen molar-refractivity contribution in [2.75, 3.05) is 13.2 Å². The molecular weight excluding hydrogens is 204 g/mol. The second-order valence-corrected chi connectivity index (χ2v) is 5.14. The topological polar surface area (TPSA) is 35.5 Å². The Bertz CT molecular complexity index is 305. The first kappa shape index (κ1) is 10.5. The van der Waals surface area contributed by atoms with Gasteiger partial charge < -0.3 is 9.47 Å². The van der Waals surface area contributed by atoms with E-state index < -0.39 is 0 Å². The summed E-state index contributed by atoms with van der Waals surface area (Å²) in [5.74, 6) is 1.16. The molecule has 1 unspecified atom stereocenters. The van der Waals surface area contributed by atoms with Crippen molar-refractivity contribution in [1.29, 1.82) is 0 Å². The van der Waals surface area contributed by atoms with Gasteiger partial charge in [-0.15, -0.1) is 0 Å². The zero-order valence-electron chi connectivity index (χ0n) is 9.48. The minimum Gasteiger partial charge on any atom is -0.348 e. The van der Waals surface area contributed by atoms with E-state index in [-0.39, 0.29) is 5.79 Å². The van der Waals surface area contributed by atoms with Gasteiger partial charge in [0.15, 0.2) is 11.6 Å². The average Bonchev–Trinajstić information content (AvgIpc) is 2.90. The quantitative estimate of drug-likeness (QED) is 0.681. The van der Waals surface area contributed by atoms with Crippen LogP contribution in [0.4, 0.5) is 0 Å². The molecule has 0 aromatic rings. The van der Waals surface area contributed by atoms with Crippen LogP contribution in [0, 0.1) is 11.8 Å². The molecule has 0 amide bonds. The molecule has 0 bridgehead atoms. The first-order valence-corrected chi connectivity index (χ1v) is 6.26. The molecular formula is C13H18O3. The maximum atomic E-state index is 11.2. The van der Waals surface area contributed by atoms with Gasteiger partial charge >= 0.3 is 0 Å². The van der Waals surface area contributed by atoms with Crippen LogP contribution in [-0.4, -0.2) is 24.8 Å². The molecule has 3 heteroatoms. The predicted octanol–water partition coefficient (Wildman–Crippen LogP) is 2.06. The third-order valence-corrected chi connectivity index (χ3v) is 4.18. The summed E-state index contributed by atoms with van der Waals surface area (Å²) in [7, 11) is 0. The Kier molecular flexibility index (Phi) is 2.60. The maximum Gasteiger partial charge on any atom is 0.168 e. The molecule has 16 heavy (non-hydrogen) atoms. The fraction of sp³-hybridized carbons (Fsp3) is 0.769. The van der Waals surface area contributed by atoms with E-state index >= 15 is 0 Å². The molecule has 1 saturated carbocycles. The van der Waals surface area contributed by atoms with Crippen LogP contribution in [0.2, 0.25) is 0 Å². The highest BCUT2D eigenvalue weighted by atomic mass is 16.7. The number of hydrogen-bond donors (Lipinski definition) is 0. The Balaban J connectivity index is 1.58. The van der Waals surface area contributed by atoms with Gasteiger partial charge in [0.1, 0.15) is 0 Å². The number of allylic oxidation sites excluding steroid dienone is 2. The van der Waals surface area contributed by atoms with Crippen LogP contribution in [0.3, 0.4) is 0 Å².